The van der Waals surface area contributed by atoms with E-state index in [4.69, 9.17) is 16.7 Å². The van der Waals surface area contributed by atoms with Crippen molar-refractivity contribution in [2.24, 2.45) is 0 Å². The van der Waals surface area contributed by atoms with Gasteiger partial charge in [0, 0.05) is 4.47 Å². The molecule has 1 N–H and O–H groups in total. The van der Waals surface area contributed by atoms with Crippen LogP contribution in [0.5, 0.6) is 0 Å². The second-order valence-electron chi connectivity index (χ2n) is 3.30. The third-order valence-corrected chi connectivity index (χ3v) is 2.91. The Morgan fingerprint density at radius 3 is 2.82 bits per heavy atom. The quantitative estimate of drug-likeness (QED) is 0.925. The van der Waals surface area contributed by atoms with Gasteiger partial charge in [-0.3, -0.25) is 0 Å². The number of carboxylic acid groups (broad SMARTS) is 1. The number of hydrogen-bond acceptors (Lipinski definition) is 3. The number of benzene rings is 1. The highest BCUT2D eigenvalue weighted by Gasteiger charge is 2.15. The summed E-state index contributed by atoms with van der Waals surface area (Å²) in [5.41, 5.74) is 0.582. The van der Waals surface area contributed by atoms with Gasteiger partial charge < -0.3 is 5.11 Å². The smallest absolute Gasteiger partial charge is 0.375 e. The molecule has 0 saturated carbocycles. The van der Waals surface area contributed by atoms with E-state index in [0.717, 1.165) is 4.47 Å². The van der Waals surface area contributed by atoms with Gasteiger partial charge in [-0.05, 0) is 25.1 Å². The minimum Gasteiger partial charge on any atom is -0.475 e. The van der Waals surface area contributed by atoms with Gasteiger partial charge in [0.05, 0.1) is 10.7 Å². The van der Waals surface area contributed by atoms with E-state index in [-0.39, 0.29) is 5.82 Å². The molecular weight excluding hydrogens is 309 g/mol. The predicted octanol–water partition coefficient (Wildman–Crippen LogP) is 2.69. The van der Waals surface area contributed by atoms with Crippen molar-refractivity contribution in [3.05, 3.63) is 39.3 Å². The highest BCUT2D eigenvalue weighted by atomic mass is 79.9. The summed E-state index contributed by atoms with van der Waals surface area (Å²) in [5, 5.41) is 13.2. The van der Waals surface area contributed by atoms with Crippen molar-refractivity contribution in [3.63, 3.8) is 0 Å². The molecule has 0 aliphatic heterocycles. The van der Waals surface area contributed by atoms with Gasteiger partial charge in [0.2, 0.25) is 0 Å². The van der Waals surface area contributed by atoms with Crippen molar-refractivity contribution < 1.29 is 9.90 Å². The molecule has 2 rings (SSSR count). The Kier molecular flexibility index (Phi) is 3.17. The van der Waals surface area contributed by atoms with E-state index in [0.29, 0.717) is 16.5 Å². The lowest BCUT2D eigenvalue weighted by molar-refractivity contribution is 0.0683. The second kappa shape index (κ2) is 4.46. The van der Waals surface area contributed by atoms with Crippen molar-refractivity contribution in [3.8, 4) is 5.69 Å². The molecule has 0 unspecified atom stereocenters. The van der Waals surface area contributed by atoms with Crippen molar-refractivity contribution in [2.75, 3.05) is 0 Å². The molecule has 0 spiro atoms. The summed E-state index contributed by atoms with van der Waals surface area (Å²) in [6, 6.07) is 5.23. The van der Waals surface area contributed by atoms with Crippen LogP contribution < -0.4 is 0 Å². The van der Waals surface area contributed by atoms with Crippen LogP contribution in [0.4, 0.5) is 0 Å². The van der Waals surface area contributed by atoms with Crippen LogP contribution in [0.3, 0.4) is 0 Å². The molecule has 1 aromatic heterocycles. The summed E-state index contributed by atoms with van der Waals surface area (Å²) in [6.45, 7) is 1.66. The van der Waals surface area contributed by atoms with E-state index in [1.807, 2.05) is 0 Å². The van der Waals surface area contributed by atoms with Gasteiger partial charge in [0.15, 0.2) is 0 Å². The lowest BCUT2D eigenvalue weighted by Gasteiger charge is -2.05. The Balaban J connectivity index is 2.60. The van der Waals surface area contributed by atoms with Gasteiger partial charge in [0.1, 0.15) is 5.82 Å². The molecule has 0 bridgehead atoms. The summed E-state index contributed by atoms with van der Waals surface area (Å²) >= 11 is 9.35. The Morgan fingerprint density at radius 2 is 2.24 bits per heavy atom. The number of carbonyl (C=O) groups is 1. The summed E-state index contributed by atoms with van der Waals surface area (Å²) in [5.74, 6) is -0.959. The lowest BCUT2D eigenvalue weighted by Crippen LogP contribution is -2.03. The zero-order chi connectivity index (χ0) is 12.6. The molecule has 88 valence electrons. The fraction of sp³-hybridized carbons (Fsp3) is 0.100. The van der Waals surface area contributed by atoms with Crippen molar-refractivity contribution >= 4 is 33.5 Å². The van der Waals surface area contributed by atoms with E-state index in [2.05, 4.69) is 26.0 Å². The van der Waals surface area contributed by atoms with Crippen molar-refractivity contribution in [2.45, 2.75) is 6.92 Å². The molecule has 0 aliphatic carbocycles. The first-order valence-corrected chi connectivity index (χ1v) is 5.78. The van der Waals surface area contributed by atoms with Gasteiger partial charge in [-0.15, -0.1) is 5.10 Å². The molecule has 1 aromatic carbocycles. The topological polar surface area (TPSA) is 68.0 Å². The van der Waals surface area contributed by atoms with Crippen LogP contribution in [0.25, 0.3) is 5.69 Å². The fourth-order valence-electron chi connectivity index (χ4n) is 1.36. The van der Waals surface area contributed by atoms with Crippen LogP contribution in [0, 0.1) is 6.92 Å². The monoisotopic (exact) mass is 315 g/mol. The summed E-state index contributed by atoms with van der Waals surface area (Å²) in [4.78, 5) is 14.6. The molecule has 0 aliphatic rings. The van der Waals surface area contributed by atoms with Crippen LogP contribution in [-0.2, 0) is 0 Å². The van der Waals surface area contributed by atoms with Crippen LogP contribution >= 0.6 is 27.5 Å². The fourth-order valence-corrected chi connectivity index (χ4v) is 1.90. The third-order valence-electron chi connectivity index (χ3n) is 2.10. The number of aryl methyl sites for hydroxylation is 1. The largest absolute Gasteiger partial charge is 0.475 e. The van der Waals surface area contributed by atoms with Gasteiger partial charge in [-0.1, -0.05) is 27.5 Å². The van der Waals surface area contributed by atoms with Crippen LogP contribution in [0.2, 0.25) is 5.02 Å². The SMILES string of the molecule is Cc1nc(C(=O)O)nn1-c1cc(Br)ccc1Cl. The van der Waals surface area contributed by atoms with Crippen LogP contribution in [-0.4, -0.2) is 25.8 Å². The van der Waals surface area contributed by atoms with Gasteiger partial charge in [-0.2, -0.15) is 0 Å². The van der Waals surface area contributed by atoms with E-state index in [1.165, 1.54) is 4.68 Å². The van der Waals surface area contributed by atoms with Crippen LogP contribution in [0.15, 0.2) is 22.7 Å². The number of hydrogen-bond donors (Lipinski definition) is 1. The number of aromatic carboxylic acids is 1. The average molecular weight is 317 g/mol. The van der Waals surface area contributed by atoms with Gasteiger partial charge in [-0.25, -0.2) is 14.5 Å². The first-order valence-electron chi connectivity index (χ1n) is 4.61. The number of rotatable bonds is 2. The van der Waals surface area contributed by atoms with Crippen LogP contribution in [0.1, 0.15) is 16.4 Å². The standard InChI is InChI=1S/C10H7BrClN3O2/c1-5-13-9(10(16)17)14-15(5)8-4-6(11)2-3-7(8)12/h2-4H,1H3,(H,16,17). The maximum atomic E-state index is 10.8. The maximum absolute atomic E-state index is 10.8. The minimum absolute atomic E-state index is 0.251. The molecule has 17 heavy (non-hydrogen) atoms. The lowest BCUT2D eigenvalue weighted by atomic mass is 10.3. The number of halogens is 2. The third kappa shape index (κ3) is 2.32. The highest BCUT2D eigenvalue weighted by molar-refractivity contribution is 9.10. The van der Waals surface area contributed by atoms with Gasteiger partial charge in [0.25, 0.3) is 5.82 Å². The molecule has 0 saturated heterocycles. The molecule has 0 fully saturated rings. The first kappa shape index (κ1) is 12.1. The average Bonchev–Trinajstić information content (AvgIpc) is 2.64. The summed E-state index contributed by atoms with van der Waals surface area (Å²) in [6.07, 6.45) is 0. The zero-order valence-electron chi connectivity index (χ0n) is 8.69. The molecular formula is C10H7BrClN3O2. The van der Waals surface area contributed by atoms with E-state index < -0.39 is 5.97 Å². The zero-order valence-corrected chi connectivity index (χ0v) is 11.0. The predicted molar refractivity (Wildman–Crippen MR) is 65.8 cm³/mol. The first-order chi connectivity index (χ1) is 7.99. The molecule has 5 nitrogen and oxygen atoms in total. The van der Waals surface area contributed by atoms with Crippen molar-refractivity contribution in [1.82, 2.24) is 14.8 Å². The molecule has 0 radical (unpaired) electrons. The molecule has 2 aromatic rings. The number of aromatic nitrogens is 3. The molecule has 0 amide bonds. The van der Waals surface area contributed by atoms with E-state index >= 15 is 0 Å². The molecule has 0 atom stereocenters. The van der Waals surface area contributed by atoms with Crippen molar-refractivity contribution in [1.29, 1.82) is 0 Å². The number of carboxylic acids is 1. The molecule has 1 heterocycles. The van der Waals surface area contributed by atoms with Gasteiger partial charge >= 0.3 is 5.97 Å². The summed E-state index contributed by atoms with van der Waals surface area (Å²) in [7, 11) is 0. The Hall–Kier alpha value is -1.40. The van der Waals surface area contributed by atoms with E-state index in [9.17, 15) is 4.79 Å². The Morgan fingerprint density at radius 1 is 1.53 bits per heavy atom. The number of nitrogens with zero attached hydrogens (tertiary/aromatic N) is 3. The highest BCUT2D eigenvalue weighted by Crippen LogP contribution is 2.24. The molecule has 7 heteroatoms. The minimum atomic E-state index is -1.17. The maximum Gasteiger partial charge on any atom is 0.375 e. The normalized spacial score (nSPS) is 10.5. The second-order valence-corrected chi connectivity index (χ2v) is 4.62. The Labute approximate surface area is 110 Å². The summed E-state index contributed by atoms with van der Waals surface area (Å²) < 4.78 is 2.22. The van der Waals surface area contributed by atoms with E-state index in [1.54, 1.807) is 25.1 Å². The Bertz CT molecular complexity index is 597.